The first-order valence-electron chi connectivity index (χ1n) is 7.56. The number of likely N-dealkylation sites (N-methyl/N-ethyl adjacent to an activating group) is 1. The molecule has 140 valence electrons. The third-order valence-electron chi connectivity index (χ3n) is 3.95. The average Bonchev–Trinajstić information content (AvgIpc) is 2.79. The van der Waals surface area contributed by atoms with Crippen LogP contribution in [-0.4, -0.2) is 23.8 Å². The highest BCUT2D eigenvalue weighted by molar-refractivity contribution is 6.41. The highest BCUT2D eigenvalue weighted by atomic mass is 35.5. The molecular weight excluding hydrogens is 404 g/mol. The van der Waals surface area contributed by atoms with Gasteiger partial charge >= 0.3 is 6.18 Å². The topological polar surface area (TPSA) is 49.4 Å². The maximum atomic E-state index is 12.9. The fraction of sp³-hybridized carbons (Fsp3) is 0.111. The zero-order valence-electron chi connectivity index (χ0n) is 13.7. The number of amides is 2. The van der Waals surface area contributed by atoms with Gasteiger partial charge in [-0.25, -0.2) is 0 Å². The van der Waals surface area contributed by atoms with E-state index in [1.165, 1.54) is 37.4 Å². The molecule has 3 rings (SSSR count). The predicted octanol–water partition coefficient (Wildman–Crippen LogP) is 4.83. The maximum Gasteiger partial charge on any atom is 0.416 e. The first-order valence-corrected chi connectivity index (χ1v) is 8.31. The Kier molecular flexibility index (Phi) is 4.92. The van der Waals surface area contributed by atoms with E-state index >= 15 is 0 Å². The van der Waals surface area contributed by atoms with Crippen molar-refractivity contribution in [1.82, 2.24) is 4.90 Å². The van der Waals surface area contributed by atoms with Crippen molar-refractivity contribution in [2.24, 2.45) is 0 Å². The first kappa shape index (κ1) is 19.3. The molecule has 0 aromatic heterocycles. The Labute approximate surface area is 162 Å². The van der Waals surface area contributed by atoms with Crippen LogP contribution >= 0.6 is 23.2 Å². The van der Waals surface area contributed by atoms with E-state index in [1.54, 1.807) is 0 Å². The van der Waals surface area contributed by atoms with Gasteiger partial charge in [0.1, 0.15) is 5.70 Å². The molecule has 0 unspecified atom stereocenters. The molecular formula is C18H11Cl2F3N2O2. The number of halogens is 5. The van der Waals surface area contributed by atoms with Gasteiger partial charge in [0.15, 0.2) is 0 Å². The maximum absolute atomic E-state index is 12.9. The van der Waals surface area contributed by atoms with Crippen molar-refractivity contribution >= 4 is 46.3 Å². The zero-order valence-corrected chi connectivity index (χ0v) is 15.2. The molecule has 1 N–H and O–H groups in total. The fourth-order valence-electron chi connectivity index (χ4n) is 2.62. The van der Waals surface area contributed by atoms with Crippen LogP contribution in [0.4, 0.5) is 18.9 Å². The Bertz CT molecular complexity index is 987. The number of imide groups is 1. The quantitative estimate of drug-likeness (QED) is 0.731. The van der Waals surface area contributed by atoms with Crippen molar-refractivity contribution < 1.29 is 22.8 Å². The monoisotopic (exact) mass is 414 g/mol. The summed E-state index contributed by atoms with van der Waals surface area (Å²) in [6, 6.07) is 8.69. The number of alkyl halides is 3. The molecule has 0 fully saturated rings. The van der Waals surface area contributed by atoms with Crippen LogP contribution in [0.25, 0.3) is 5.57 Å². The highest BCUT2D eigenvalue weighted by Crippen LogP contribution is 2.36. The molecule has 2 aromatic rings. The smallest absolute Gasteiger partial charge is 0.350 e. The summed E-state index contributed by atoms with van der Waals surface area (Å²) in [4.78, 5) is 25.8. The molecule has 27 heavy (non-hydrogen) atoms. The number of rotatable bonds is 3. The molecule has 0 spiro atoms. The van der Waals surface area contributed by atoms with E-state index in [0.29, 0.717) is 5.02 Å². The van der Waals surface area contributed by atoms with Gasteiger partial charge in [-0.05, 0) is 30.3 Å². The van der Waals surface area contributed by atoms with Crippen molar-refractivity contribution in [3.05, 3.63) is 69.3 Å². The normalized spacial score (nSPS) is 15.0. The summed E-state index contributed by atoms with van der Waals surface area (Å²) in [5, 5.41) is 3.10. The lowest BCUT2D eigenvalue weighted by molar-refractivity contribution is -0.137. The summed E-state index contributed by atoms with van der Waals surface area (Å²) in [6.45, 7) is 0. The van der Waals surface area contributed by atoms with Gasteiger partial charge in [0.2, 0.25) is 0 Å². The molecule has 1 heterocycles. The molecule has 1 aliphatic rings. The Hall–Kier alpha value is -2.51. The SMILES string of the molecule is CN1C(=O)C(Nc2cccc(C(F)(F)F)c2)=C(c2ccc(Cl)cc2Cl)C1=O. The van der Waals surface area contributed by atoms with Crippen molar-refractivity contribution in [3.8, 4) is 0 Å². The van der Waals surface area contributed by atoms with E-state index in [1.807, 2.05) is 0 Å². The van der Waals surface area contributed by atoms with E-state index in [-0.39, 0.29) is 27.5 Å². The van der Waals surface area contributed by atoms with Gasteiger partial charge in [-0.1, -0.05) is 35.3 Å². The van der Waals surface area contributed by atoms with Crippen LogP contribution < -0.4 is 5.32 Å². The molecule has 4 nitrogen and oxygen atoms in total. The lowest BCUT2D eigenvalue weighted by Crippen LogP contribution is -2.28. The minimum absolute atomic E-state index is 0.0128. The minimum Gasteiger partial charge on any atom is -0.350 e. The number of carbonyl (C=O) groups is 2. The molecule has 1 aliphatic heterocycles. The van der Waals surface area contributed by atoms with Gasteiger partial charge in [-0.3, -0.25) is 14.5 Å². The first-order chi connectivity index (χ1) is 12.6. The molecule has 2 aromatic carbocycles. The molecule has 0 atom stereocenters. The Morgan fingerprint density at radius 3 is 2.33 bits per heavy atom. The molecule has 0 radical (unpaired) electrons. The Balaban J connectivity index is 2.11. The van der Waals surface area contributed by atoms with Crippen LogP contribution in [0.3, 0.4) is 0 Å². The predicted molar refractivity (Wildman–Crippen MR) is 96.2 cm³/mol. The second kappa shape index (κ2) is 6.90. The molecule has 9 heteroatoms. The zero-order chi connectivity index (χ0) is 19.9. The van der Waals surface area contributed by atoms with Crippen molar-refractivity contribution in [1.29, 1.82) is 0 Å². The van der Waals surface area contributed by atoms with Crippen molar-refractivity contribution in [2.75, 3.05) is 12.4 Å². The van der Waals surface area contributed by atoms with E-state index in [9.17, 15) is 22.8 Å². The Morgan fingerprint density at radius 2 is 1.70 bits per heavy atom. The molecule has 0 saturated carbocycles. The molecule has 0 aliphatic carbocycles. The van der Waals surface area contributed by atoms with Crippen LogP contribution in [0, 0.1) is 0 Å². The number of nitrogens with one attached hydrogen (secondary N) is 1. The van der Waals surface area contributed by atoms with Crippen molar-refractivity contribution in [2.45, 2.75) is 6.18 Å². The number of nitrogens with zero attached hydrogens (tertiary/aromatic N) is 1. The number of anilines is 1. The molecule has 0 saturated heterocycles. The second-order valence-electron chi connectivity index (χ2n) is 5.75. The van der Waals surface area contributed by atoms with Gasteiger partial charge in [0.05, 0.1) is 16.2 Å². The van der Waals surface area contributed by atoms with E-state index in [2.05, 4.69) is 5.32 Å². The van der Waals surface area contributed by atoms with Crippen molar-refractivity contribution in [3.63, 3.8) is 0 Å². The van der Waals surface area contributed by atoms with Gasteiger partial charge in [0.25, 0.3) is 11.8 Å². The third kappa shape index (κ3) is 3.65. The van der Waals surface area contributed by atoms with Gasteiger partial charge in [-0.2, -0.15) is 13.2 Å². The largest absolute Gasteiger partial charge is 0.416 e. The summed E-state index contributed by atoms with van der Waals surface area (Å²) < 4.78 is 38.7. The molecule has 0 bridgehead atoms. The summed E-state index contributed by atoms with van der Waals surface area (Å²) in [7, 11) is 1.27. The van der Waals surface area contributed by atoms with Crippen LogP contribution in [0.2, 0.25) is 10.0 Å². The number of carbonyl (C=O) groups excluding carboxylic acids is 2. The third-order valence-corrected chi connectivity index (χ3v) is 4.49. The Morgan fingerprint density at radius 1 is 1.00 bits per heavy atom. The van der Waals surface area contributed by atoms with Crippen LogP contribution in [-0.2, 0) is 15.8 Å². The lowest BCUT2D eigenvalue weighted by atomic mass is 10.0. The van der Waals surface area contributed by atoms with Gasteiger partial charge in [-0.15, -0.1) is 0 Å². The minimum atomic E-state index is -4.54. The fourth-order valence-corrected chi connectivity index (χ4v) is 3.12. The second-order valence-corrected chi connectivity index (χ2v) is 6.59. The number of hydrogen-bond donors (Lipinski definition) is 1. The van der Waals surface area contributed by atoms with Gasteiger partial charge in [0, 0.05) is 23.3 Å². The summed E-state index contributed by atoms with van der Waals surface area (Å²) >= 11 is 12.0. The van der Waals surface area contributed by atoms with Crippen LogP contribution in [0.5, 0.6) is 0 Å². The standard InChI is InChI=1S/C18H11Cl2F3N2O2/c1-25-16(26)14(12-6-5-10(19)8-13(12)20)15(17(25)27)24-11-4-2-3-9(7-11)18(21,22)23/h2-8,24H,1H3. The highest BCUT2D eigenvalue weighted by Gasteiger charge is 2.38. The summed E-state index contributed by atoms with van der Waals surface area (Å²) in [6.07, 6.45) is -4.54. The van der Waals surface area contributed by atoms with Gasteiger partial charge < -0.3 is 5.32 Å². The summed E-state index contributed by atoms with van der Waals surface area (Å²) in [5.41, 5.74) is -0.825. The average molecular weight is 415 g/mol. The number of benzene rings is 2. The molecule has 2 amide bonds. The van der Waals surface area contributed by atoms with E-state index in [0.717, 1.165) is 17.0 Å². The van der Waals surface area contributed by atoms with Crippen LogP contribution in [0.15, 0.2) is 48.2 Å². The lowest BCUT2D eigenvalue weighted by Gasteiger charge is -2.12. The number of hydrogen-bond acceptors (Lipinski definition) is 3. The van der Waals surface area contributed by atoms with E-state index in [4.69, 9.17) is 23.2 Å². The summed E-state index contributed by atoms with van der Waals surface area (Å²) in [5.74, 6) is -1.31. The van der Waals surface area contributed by atoms with Crippen LogP contribution in [0.1, 0.15) is 11.1 Å². The van der Waals surface area contributed by atoms with E-state index < -0.39 is 23.6 Å².